The van der Waals surface area contributed by atoms with Crippen LogP contribution >= 0.6 is 23.1 Å². The molecule has 0 fully saturated rings. The second kappa shape index (κ2) is 6.86. The number of hydrogen-bond donors (Lipinski definition) is 1. The third-order valence-electron chi connectivity index (χ3n) is 3.62. The summed E-state index contributed by atoms with van der Waals surface area (Å²) in [7, 11) is 1.66. The van der Waals surface area contributed by atoms with E-state index >= 15 is 0 Å². The summed E-state index contributed by atoms with van der Waals surface area (Å²) in [6, 6.07) is 6.28. The molecule has 120 valence electrons. The number of nitrogens with zero attached hydrogens (tertiary/aromatic N) is 1. The van der Waals surface area contributed by atoms with Crippen LogP contribution in [0.5, 0.6) is 0 Å². The van der Waals surface area contributed by atoms with Crippen molar-refractivity contribution in [3.05, 3.63) is 45.1 Å². The third kappa shape index (κ3) is 3.34. The topological polar surface area (TPSA) is 55.0 Å². The molecule has 0 amide bonds. The van der Waals surface area contributed by atoms with E-state index in [1.165, 1.54) is 34.2 Å². The predicted octanol–water partition coefficient (Wildman–Crippen LogP) is 4.01. The van der Waals surface area contributed by atoms with Crippen molar-refractivity contribution in [2.45, 2.75) is 19.0 Å². The molecular weight excluding hydrogens is 328 g/mol. The highest BCUT2D eigenvalue weighted by Gasteiger charge is 2.14. The molecule has 0 aliphatic heterocycles. The normalized spacial score (nSPS) is 11.3. The van der Waals surface area contributed by atoms with Gasteiger partial charge in [0.1, 0.15) is 4.83 Å². The van der Waals surface area contributed by atoms with Gasteiger partial charge in [-0.1, -0.05) is 35.5 Å². The minimum Gasteiger partial charge on any atom is -0.384 e. The molecule has 1 aromatic carbocycles. The van der Waals surface area contributed by atoms with Gasteiger partial charge in [-0.05, 0) is 25.0 Å². The fourth-order valence-corrected chi connectivity index (χ4v) is 4.29. The fourth-order valence-electron chi connectivity index (χ4n) is 2.53. The van der Waals surface area contributed by atoms with Crippen molar-refractivity contribution in [3.63, 3.8) is 0 Å². The van der Waals surface area contributed by atoms with Crippen LogP contribution in [0.3, 0.4) is 0 Å². The van der Waals surface area contributed by atoms with Gasteiger partial charge in [-0.15, -0.1) is 11.3 Å². The Morgan fingerprint density at radius 2 is 2.13 bits per heavy atom. The number of H-pyrrole nitrogens is 1. The summed E-state index contributed by atoms with van der Waals surface area (Å²) < 4.78 is 5.03. The van der Waals surface area contributed by atoms with Crippen LogP contribution in [-0.4, -0.2) is 29.4 Å². The number of aromatic nitrogens is 2. The second-order valence-corrected chi connectivity index (χ2v) is 7.30. The molecule has 0 atom stereocenters. The first kappa shape index (κ1) is 16.2. The Morgan fingerprint density at radius 3 is 2.87 bits per heavy atom. The first-order valence-electron chi connectivity index (χ1n) is 7.31. The van der Waals surface area contributed by atoms with Crippen molar-refractivity contribution in [3.8, 4) is 11.1 Å². The number of methoxy groups -OCH3 is 1. The molecule has 0 aliphatic rings. The van der Waals surface area contributed by atoms with E-state index in [4.69, 9.17) is 4.74 Å². The van der Waals surface area contributed by atoms with E-state index < -0.39 is 0 Å². The monoisotopic (exact) mass is 346 g/mol. The van der Waals surface area contributed by atoms with Gasteiger partial charge in [0, 0.05) is 23.8 Å². The number of ether oxygens (including phenoxy) is 1. The van der Waals surface area contributed by atoms with Gasteiger partial charge >= 0.3 is 0 Å². The van der Waals surface area contributed by atoms with E-state index in [1.54, 1.807) is 7.11 Å². The molecule has 2 aromatic heterocycles. The van der Waals surface area contributed by atoms with Gasteiger partial charge in [0.05, 0.1) is 12.0 Å². The minimum atomic E-state index is -0.0776. The number of fused-ring (bicyclic) bond motifs is 1. The Hall–Kier alpha value is -1.63. The van der Waals surface area contributed by atoms with E-state index in [0.29, 0.717) is 17.1 Å². The zero-order valence-electron chi connectivity index (χ0n) is 13.3. The first-order valence-corrected chi connectivity index (χ1v) is 9.17. The molecule has 2 heterocycles. The summed E-state index contributed by atoms with van der Waals surface area (Å²) in [4.78, 5) is 20.8. The lowest BCUT2D eigenvalue weighted by Gasteiger charge is -2.06. The van der Waals surface area contributed by atoms with Crippen LogP contribution in [-0.2, 0) is 4.74 Å². The van der Waals surface area contributed by atoms with E-state index in [2.05, 4.69) is 42.0 Å². The molecular formula is C17H18N2O2S2. The largest absolute Gasteiger partial charge is 0.384 e. The van der Waals surface area contributed by atoms with Gasteiger partial charge in [0.2, 0.25) is 0 Å². The number of nitrogens with one attached hydrogen (secondary N) is 1. The SMILES string of the molecule is COCCSc1nc2scc(-c3ccc(C)cc3C)c2c(=O)[nH]1. The predicted molar refractivity (Wildman–Crippen MR) is 97.8 cm³/mol. The van der Waals surface area contributed by atoms with Gasteiger partial charge < -0.3 is 9.72 Å². The molecule has 23 heavy (non-hydrogen) atoms. The smallest absolute Gasteiger partial charge is 0.260 e. The van der Waals surface area contributed by atoms with Crippen molar-refractivity contribution in [1.29, 1.82) is 0 Å². The van der Waals surface area contributed by atoms with Crippen LogP contribution in [0, 0.1) is 13.8 Å². The molecule has 0 unspecified atom stereocenters. The van der Waals surface area contributed by atoms with Crippen molar-refractivity contribution < 1.29 is 4.74 Å². The highest BCUT2D eigenvalue weighted by molar-refractivity contribution is 7.99. The number of benzene rings is 1. The maximum Gasteiger partial charge on any atom is 0.260 e. The van der Waals surface area contributed by atoms with Crippen LogP contribution in [0.25, 0.3) is 21.3 Å². The van der Waals surface area contributed by atoms with Crippen LogP contribution in [0.1, 0.15) is 11.1 Å². The van der Waals surface area contributed by atoms with E-state index in [0.717, 1.165) is 21.7 Å². The molecule has 3 rings (SSSR count). The molecule has 1 N–H and O–H groups in total. The lowest BCUT2D eigenvalue weighted by Crippen LogP contribution is -2.09. The van der Waals surface area contributed by atoms with Crippen LogP contribution in [0.15, 0.2) is 33.5 Å². The Kier molecular flexibility index (Phi) is 4.84. The van der Waals surface area contributed by atoms with Crippen LogP contribution in [0.4, 0.5) is 0 Å². The Balaban J connectivity index is 2.05. The molecule has 0 spiro atoms. The van der Waals surface area contributed by atoms with Crippen LogP contribution in [0.2, 0.25) is 0 Å². The molecule has 6 heteroatoms. The van der Waals surface area contributed by atoms with Crippen molar-refractivity contribution in [2.75, 3.05) is 19.5 Å². The Labute approximate surface area is 142 Å². The molecule has 0 radical (unpaired) electrons. The maximum atomic E-state index is 12.5. The quantitative estimate of drug-likeness (QED) is 0.431. The summed E-state index contributed by atoms with van der Waals surface area (Å²) in [5.74, 6) is 0.764. The van der Waals surface area contributed by atoms with Crippen molar-refractivity contribution >= 4 is 33.3 Å². The average molecular weight is 346 g/mol. The number of rotatable bonds is 5. The van der Waals surface area contributed by atoms with Crippen molar-refractivity contribution in [1.82, 2.24) is 9.97 Å². The van der Waals surface area contributed by atoms with Gasteiger partial charge in [-0.3, -0.25) is 4.79 Å². The minimum absolute atomic E-state index is 0.0776. The Morgan fingerprint density at radius 1 is 1.30 bits per heavy atom. The standard InChI is InChI=1S/C17H18N2O2S2/c1-10-4-5-12(11(2)8-10)13-9-23-16-14(13)15(20)18-17(19-16)22-7-6-21-3/h4-5,8-9H,6-7H2,1-3H3,(H,18,19,20). The molecule has 0 aliphatic carbocycles. The summed E-state index contributed by atoms with van der Waals surface area (Å²) in [6.45, 7) is 4.77. The van der Waals surface area contributed by atoms with Gasteiger partial charge in [-0.2, -0.15) is 0 Å². The zero-order valence-corrected chi connectivity index (χ0v) is 14.9. The van der Waals surface area contributed by atoms with Gasteiger partial charge in [0.15, 0.2) is 5.16 Å². The van der Waals surface area contributed by atoms with E-state index in [1.807, 2.05) is 5.38 Å². The lowest BCUT2D eigenvalue weighted by atomic mass is 9.99. The molecule has 0 saturated heterocycles. The highest BCUT2D eigenvalue weighted by Crippen LogP contribution is 2.33. The molecule has 4 nitrogen and oxygen atoms in total. The summed E-state index contributed by atoms with van der Waals surface area (Å²) in [5.41, 5.74) is 4.36. The van der Waals surface area contributed by atoms with E-state index in [-0.39, 0.29) is 5.56 Å². The number of aromatic amines is 1. The number of hydrogen-bond acceptors (Lipinski definition) is 5. The fraction of sp³-hybridized carbons (Fsp3) is 0.294. The lowest BCUT2D eigenvalue weighted by molar-refractivity contribution is 0.218. The van der Waals surface area contributed by atoms with Gasteiger partial charge in [-0.25, -0.2) is 4.98 Å². The average Bonchev–Trinajstić information content (AvgIpc) is 2.92. The summed E-state index contributed by atoms with van der Waals surface area (Å²) >= 11 is 3.01. The maximum absolute atomic E-state index is 12.5. The summed E-state index contributed by atoms with van der Waals surface area (Å²) in [5, 5.41) is 3.35. The summed E-state index contributed by atoms with van der Waals surface area (Å²) in [6.07, 6.45) is 0. The van der Waals surface area contributed by atoms with E-state index in [9.17, 15) is 4.79 Å². The highest BCUT2D eigenvalue weighted by atomic mass is 32.2. The molecule has 3 aromatic rings. The number of aryl methyl sites for hydroxylation is 2. The van der Waals surface area contributed by atoms with Crippen molar-refractivity contribution in [2.24, 2.45) is 0 Å². The first-order chi connectivity index (χ1) is 11.1. The van der Waals surface area contributed by atoms with Crippen LogP contribution < -0.4 is 5.56 Å². The zero-order chi connectivity index (χ0) is 16.4. The third-order valence-corrected chi connectivity index (χ3v) is 5.33. The number of thiophene rings is 1. The second-order valence-electron chi connectivity index (χ2n) is 5.36. The van der Waals surface area contributed by atoms with Gasteiger partial charge in [0.25, 0.3) is 5.56 Å². The molecule has 0 bridgehead atoms. The molecule has 0 saturated carbocycles. The Bertz CT molecular complexity index is 899. The number of thioether (sulfide) groups is 1.